The van der Waals surface area contributed by atoms with Gasteiger partial charge in [-0.3, -0.25) is 4.90 Å². The van der Waals surface area contributed by atoms with Crippen molar-refractivity contribution < 1.29 is 4.39 Å². The molecule has 2 N–H and O–H groups in total. The molecule has 1 aliphatic heterocycles. The number of nitrogens with zero attached hydrogens (tertiary/aromatic N) is 1. The molecule has 0 unspecified atom stereocenters. The molecule has 0 spiro atoms. The molecule has 0 fully saturated rings. The normalized spacial score (nSPS) is 16.1. The molecule has 0 amide bonds. The molecular formula is C10H13FN2. The molecule has 0 radical (unpaired) electrons. The monoisotopic (exact) mass is 180 g/mol. The van der Waals surface area contributed by atoms with Gasteiger partial charge in [0.25, 0.3) is 0 Å². The van der Waals surface area contributed by atoms with Gasteiger partial charge in [-0.1, -0.05) is 12.1 Å². The predicted octanol–water partition coefficient (Wildman–Crippen LogP) is 1.55. The quantitative estimate of drug-likeness (QED) is 0.700. The van der Waals surface area contributed by atoms with Gasteiger partial charge < -0.3 is 5.73 Å². The van der Waals surface area contributed by atoms with Crippen molar-refractivity contribution in [2.75, 3.05) is 19.0 Å². The van der Waals surface area contributed by atoms with Crippen LogP contribution in [0.3, 0.4) is 0 Å². The van der Waals surface area contributed by atoms with E-state index in [0.29, 0.717) is 6.54 Å². The highest BCUT2D eigenvalue weighted by atomic mass is 19.1. The molecule has 2 nitrogen and oxygen atoms in total. The number of anilines is 1. The number of rotatable bonds is 2. The van der Waals surface area contributed by atoms with Crippen LogP contribution in [0, 0.1) is 0 Å². The lowest BCUT2D eigenvalue weighted by molar-refractivity contribution is 0.255. The summed E-state index contributed by atoms with van der Waals surface area (Å²) in [6.07, 6.45) is 0. The van der Waals surface area contributed by atoms with Crippen LogP contribution in [-0.2, 0) is 13.1 Å². The molecule has 13 heavy (non-hydrogen) atoms. The molecule has 70 valence electrons. The van der Waals surface area contributed by atoms with E-state index in [4.69, 9.17) is 5.73 Å². The SMILES string of the molecule is Nc1cccc2c1CN(CCF)C2. The smallest absolute Gasteiger partial charge is 0.102 e. The largest absolute Gasteiger partial charge is 0.398 e. The second-order valence-corrected chi connectivity index (χ2v) is 3.38. The van der Waals surface area contributed by atoms with Crippen molar-refractivity contribution >= 4 is 5.69 Å². The molecule has 0 saturated heterocycles. The molecule has 1 aromatic carbocycles. The summed E-state index contributed by atoms with van der Waals surface area (Å²) >= 11 is 0. The molecule has 0 aliphatic carbocycles. The van der Waals surface area contributed by atoms with Crippen LogP contribution >= 0.6 is 0 Å². The van der Waals surface area contributed by atoms with Crippen molar-refractivity contribution in [3.8, 4) is 0 Å². The van der Waals surface area contributed by atoms with E-state index >= 15 is 0 Å². The van der Waals surface area contributed by atoms with Gasteiger partial charge in [-0.2, -0.15) is 0 Å². The van der Waals surface area contributed by atoms with Crippen LogP contribution in [0.15, 0.2) is 18.2 Å². The fraction of sp³-hybridized carbons (Fsp3) is 0.400. The minimum Gasteiger partial charge on any atom is -0.398 e. The van der Waals surface area contributed by atoms with Gasteiger partial charge in [-0.25, -0.2) is 4.39 Å². The Morgan fingerprint density at radius 1 is 1.38 bits per heavy atom. The third-order valence-corrected chi connectivity index (χ3v) is 2.49. The zero-order chi connectivity index (χ0) is 9.26. The van der Waals surface area contributed by atoms with Crippen LogP contribution in [0.25, 0.3) is 0 Å². The molecule has 0 bridgehead atoms. The number of halogens is 1. The fourth-order valence-corrected chi connectivity index (χ4v) is 1.79. The van der Waals surface area contributed by atoms with Crippen LogP contribution in [0.5, 0.6) is 0 Å². The van der Waals surface area contributed by atoms with E-state index in [1.54, 1.807) is 0 Å². The van der Waals surface area contributed by atoms with E-state index in [0.717, 1.165) is 18.8 Å². The topological polar surface area (TPSA) is 29.3 Å². The van der Waals surface area contributed by atoms with Crippen molar-refractivity contribution in [1.29, 1.82) is 0 Å². The van der Waals surface area contributed by atoms with E-state index < -0.39 is 0 Å². The van der Waals surface area contributed by atoms with Gasteiger partial charge in [0.1, 0.15) is 6.67 Å². The van der Waals surface area contributed by atoms with Gasteiger partial charge in [0, 0.05) is 25.3 Å². The van der Waals surface area contributed by atoms with Gasteiger partial charge in [0.2, 0.25) is 0 Å². The summed E-state index contributed by atoms with van der Waals surface area (Å²) in [4.78, 5) is 2.07. The lowest BCUT2D eigenvalue weighted by Crippen LogP contribution is -2.18. The van der Waals surface area contributed by atoms with Crippen molar-refractivity contribution in [3.63, 3.8) is 0 Å². The molecule has 1 aliphatic rings. The number of nitrogens with two attached hydrogens (primary N) is 1. The Morgan fingerprint density at radius 2 is 2.23 bits per heavy atom. The Bertz CT molecular complexity index is 312. The Balaban J connectivity index is 2.20. The highest BCUT2D eigenvalue weighted by molar-refractivity contribution is 5.52. The highest BCUT2D eigenvalue weighted by Gasteiger charge is 2.19. The number of benzene rings is 1. The molecule has 1 heterocycles. The fourth-order valence-electron chi connectivity index (χ4n) is 1.79. The summed E-state index contributed by atoms with van der Waals surface area (Å²) in [5, 5.41) is 0. The first kappa shape index (κ1) is 8.51. The number of alkyl halides is 1. The maximum atomic E-state index is 12.1. The Labute approximate surface area is 77.2 Å². The number of nitrogen functional groups attached to an aromatic ring is 1. The molecule has 0 aromatic heterocycles. The molecule has 1 aromatic rings. The van der Waals surface area contributed by atoms with Crippen LogP contribution in [0.4, 0.5) is 10.1 Å². The number of fused-ring (bicyclic) bond motifs is 1. The first-order valence-corrected chi connectivity index (χ1v) is 4.46. The first-order chi connectivity index (χ1) is 6.31. The Hall–Kier alpha value is -1.09. The third kappa shape index (κ3) is 1.52. The number of hydrogen-bond donors (Lipinski definition) is 1. The Kier molecular flexibility index (Phi) is 2.19. The maximum absolute atomic E-state index is 12.1. The minimum absolute atomic E-state index is 0.284. The summed E-state index contributed by atoms with van der Waals surface area (Å²) in [7, 11) is 0. The van der Waals surface area contributed by atoms with E-state index in [9.17, 15) is 4.39 Å². The van der Waals surface area contributed by atoms with Gasteiger partial charge in [-0.15, -0.1) is 0 Å². The highest BCUT2D eigenvalue weighted by Crippen LogP contribution is 2.26. The second kappa shape index (κ2) is 3.34. The van der Waals surface area contributed by atoms with Crippen LogP contribution in [0.1, 0.15) is 11.1 Å². The van der Waals surface area contributed by atoms with Gasteiger partial charge >= 0.3 is 0 Å². The van der Waals surface area contributed by atoms with Gasteiger partial charge in [0.05, 0.1) is 0 Å². The summed E-state index contributed by atoms with van der Waals surface area (Å²) < 4.78 is 12.1. The zero-order valence-electron chi connectivity index (χ0n) is 7.46. The molecule has 0 atom stereocenters. The van der Waals surface area contributed by atoms with Crippen LogP contribution in [-0.4, -0.2) is 18.1 Å². The van der Waals surface area contributed by atoms with E-state index in [2.05, 4.69) is 11.0 Å². The van der Waals surface area contributed by atoms with E-state index in [1.807, 2.05) is 12.1 Å². The van der Waals surface area contributed by atoms with Gasteiger partial charge in [0.15, 0.2) is 0 Å². The maximum Gasteiger partial charge on any atom is 0.102 e. The van der Waals surface area contributed by atoms with E-state index in [-0.39, 0.29) is 6.67 Å². The number of hydrogen-bond acceptors (Lipinski definition) is 2. The van der Waals surface area contributed by atoms with Gasteiger partial charge in [-0.05, 0) is 17.2 Å². The minimum atomic E-state index is -0.284. The summed E-state index contributed by atoms with van der Waals surface area (Å²) in [6.45, 7) is 1.86. The summed E-state index contributed by atoms with van der Waals surface area (Å²) in [5.41, 5.74) is 9.06. The van der Waals surface area contributed by atoms with Crippen molar-refractivity contribution in [1.82, 2.24) is 4.90 Å². The molecule has 0 saturated carbocycles. The third-order valence-electron chi connectivity index (χ3n) is 2.49. The zero-order valence-corrected chi connectivity index (χ0v) is 7.46. The van der Waals surface area contributed by atoms with E-state index in [1.165, 1.54) is 11.1 Å². The van der Waals surface area contributed by atoms with Crippen LogP contribution in [0.2, 0.25) is 0 Å². The average molecular weight is 180 g/mol. The summed E-state index contributed by atoms with van der Waals surface area (Å²) in [5.74, 6) is 0. The second-order valence-electron chi connectivity index (χ2n) is 3.38. The van der Waals surface area contributed by atoms with Crippen LogP contribution < -0.4 is 5.73 Å². The predicted molar refractivity (Wildman–Crippen MR) is 50.9 cm³/mol. The standard InChI is InChI=1S/C10H13FN2/c11-4-5-13-6-8-2-1-3-10(12)9(8)7-13/h1-3H,4-7,12H2. The molecule has 2 rings (SSSR count). The molecular weight excluding hydrogens is 167 g/mol. The lowest BCUT2D eigenvalue weighted by Gasteiger charge is -2.10. The first-order valence-electron chi connectivity index (χ1n) is 4.46. The van der Waals surface area contributed by atoms with Crippen molar-refractivity contribution in [2.24, 2.45) is 0 Å². The summed E-state index contributed by atoms with van der Waals surface area (Å²) in [6, 6.07) is 5.91. The van der Waals surface area contributed by atoms with Crippen molar-refractivity contribution in [2.45, 2.75) is 13.1 Å². The average Bonchev–Trinajstić information content (AvgIpc) is 2.49. The molecule has 3 heteroatoms. The van der Waals surface area contributed by atoms with Crippen molar-refractivity contribution in [3.05, 3.63) is 29.3 Å². The Morgan fingerprint density at radius 3 is 2.92 bits per heavy atom. The lowest BCUT2D eigenvalue weighted by atomic mass is 10.1.